The van der Waals surface area contributed by atoms with Crippen LogP contribution in [0.2, 0.25) is 0 Å². The Bertz CT molecular complexity index is 1020. The monoisotopic (exact) mass is 455 g/mol. The third-order valence-electron chi connectivity index (χ3n) is 5.87. The van der Waals surface area contributed by atoms with Gasteiger partial charge in [0.2, 0.25) is 0 Å². The lowest BCUT2D eigenvalue weighted by Gasteiger charge is -2.34. The molecule has 1 saturated heterocycles. The van der Waals surface area contributed by atoms with Gasteiger partial charge in [-0.1, -0.05) is 0 Å². The van der Waals surface area contributed by atoms with Crippen LogP contribution in [0.5, 0.6) is 5.75 Å². The fourth-order valence-electron chi connectivity index (χ4n) is 4.19. The number of aromatic carboxylic acids is 1. The third kappa shape index (κ3) is 5.03. The SMILES string of the molecule is O=C(O)c1cc(C2CC2)c(O[C@@H]2CCCN(Cc3cc(F)ccc3C(F)(F)F)C2)cc1F. The van der Waals surface area contributed by atoms with Gasteiger partial charge in [0.1, 0.15) is 23.5 Å². The highest BCUT2D eigenvalue weighted by molar-refractivity contribution is 5.88. The molecule has 4 rings (SSSR count). The first-order chi connectivity index (χ1) is 15.1. The van der Waals surface area contributed by atoms with Gasteiger partial charge in [-0.05, 0) is 73.5 Å². The molecule has 1 saturated carbocycles. The Morgan fingerprint density at radius 1 is 1.12 bits per heavy atom. The summed E-state index contributed by atoms with van der Waals surface area (Å²) >= 11 is 0. The standard InChI is InChI=1S/C23H22F5NO3/c24-15-5-6-19(23(26,27)28)14(8-15)11-29-7-1-2-16(12-29)32-21-10-20(25)18(22(30)31)9-17(21)13-3-4-13/h5-6,8-10,13,16H,1-4,7,11-12H2,(H,30,31)/t16-/m1/s1. The highest BCUT2D eigenvalue weighted by Crippen LogP contribution is 2.45. The van der Waals surface area contributed by atoms with Crippen molar-refractivity contribution in [2.45, 2.75) is 50.4 Å². The highest BCUT2D eigenvalue weighted by atomic mass is 19.4. The molecular formula is C23H22F5NO3. The molecule has 0 amide bonds. The van der Waals surface area contributed by atoms with Gasteiger partial charge < -0.3 is 9.84 Å². The molecule has 2 aliphatic rings. The molecule has 0 radical (unpaired) electrons. The molecule has 0 aromatic heterocycles. The van der Waals surface area contributed by atoms with Crippen LogP contribution in [-0.4, -0.2) is 35.2 Å². The van der Waals surface area contributed by atoms with E-state index in [1.54, 1.807) is 4.90 Å². The van der Waals surface area contributed by atoms with Gasteiger partial charge in [-0.2, -0.15) is 13.2 Å². The Balaban J connectivity index is 1.51. The number of benzene rings is 2. The number of piperidine rings is 1. The van der Waals surface area contributed by atoms with E-state index in [0.717, 1.165) is 37.1 Å². The summed E-state index contributed by atoms with van der Waals surface area (Å²) in [4.78, 5) is 13.0. The van der Waals surface area contributed by atoms with Gasteiger partial charge in [0.25, 0.3) is 0 Å². The fraction of sp³-hybridized carbons (Fsp3) is 0.435. The van der Waals surface area contributed by atoms with E-state index >= 15 is 0 Å². The molecule has 172 valence electrons. The van der Waals surface area contributed by atoms with Crippen LogP contribution in [0.4, 0.5) is 22.0 Å². The lowest BCUT2D eigenvalue weighted by atomic mass is 10.0. The largest absolute Gasteiger partial charge is 0.489 e. The molecule has 0 unspecified atom stereocenters. The maximum Gasteiger partial charge on any atom is 0.416 e. The molecule has 9 heteroatoms. The first-order valence-electron chi connectivity index (χ1n) is 10.4. The normalized spacial score (nSPS) is 19.7. The van der Waals surface area contributed by atoms with Crippen molar-refractivity contribution in [3.63, 3.8) is 0 Å². The number of alkyl halides is 3. The molecule has 1 N–H and O–H groups in total. The minimum atomic E-state index is -4.59. The van der Waals surface area contributed by atoms with Gasteiger partial charge in [-0.3, -0.25) is 4.90 Å². The Labute approximate surface area is 181 Å². The van der Waals surface area contributed by atoms with Crippen molar-refractivity contribution in [3.05, 3.63) is 64.2 Å². The molecule has 2 fully saturated rings. The number of nitrogens with zero attached hydrogens (tertiary/aromatic N) is 1. The number of likely N-dealkylation sites (tertiary alicyclic amines) is 1. The number of carbonyl (C=O) groups is 1. The zero-order valence-corrected chi connectivity index (χ0v) is 17.1. The van der Waals surface area contributed by atoms with Gasteiger partial charge in [0.05, 0.1) is 11.1 Å². The van der Waals surface area contributed by atoms with Crippen LogP contribution >= 0.6 is 0 Å². The Morgan fingerprint density at radius 3 is 2.53 bits per heavy atom. The smallest absolute Gasteiger partial charge is 0.416 e. The van der Waals surface area contributed by atoms with Crippen LogP contribution in [0, 0.1) is 11.6 Å². The van der Waals surface area contributed by atoms with E-state index in [9.17, 15) is 31.9 Å². The molecule has 2 aromatic carbocycles. The van der Waals surface area contributed by atoms with Crippen LogP contribution in [0.3, 0.4) is 0 Å². The van der Waals surface area contributed by atoms with Crippen LogP contribution in [0.25, 0.3) is 0 Å². The van der Waals surface area contributed by atoms with Crippen molar-refractivity contribution in [2.75, 3.05) is 13.1 Å². The maximum absolute atomic E-state index is 14.3. The molecule has 1 aliphatic carbocycles. The van der Waals surface area contributed by atoms with Crippen LogP contribution in [0.1, 0.15) is 58.6 Å². The average Bonchev–Trinajstić information content (AvgIpc) is 3.52. The van der Waals surface area contributed by atoms with Crippen molar-refractivity contribution < 1.29 is 36.6 Å². The summed E-state index contributed by atoms with van der Waals surface area (Å²) in [6, 6.07) is 4.84. The second-order valence-electron chi connectivity index (χ2n) is 8.37. The van der Waals surface area contributed by atoms with Crippen molar-refractivity contribution in [1.82, 2.24) is 4.90 Å². The summed E-state index contributed by atoms with van der Waals surface area (Å²) in [6.07, 6.45) is -2.00. The average molecular weight is 455 g/mol. The second-order valence-corrected chi connectivity index (χ2v) is 8.37. The predicted molar refractivity (Wildman–Crippen MR) is 106 cm³/mol. The minimum absolute atomic E-state index is 0.0890. The van der Waals surface area contributed by atoms with E-state index in [2.05, 4.69) is 0 Å². The van der Waals surface area contributed by atoms with E-state index in [1.807, 2.05) is 0 Å². The Kier molecular flexibility index (Phi) is 6.11. The quantitative estimate of drug-likeness (QED) is 0.576. The summed E-state index contributed by atoms with van der Waals surface area (Å²) in [5.74, 6) is -2.58. The van der Waals surface area contributed by atoms with Crippen molar-refractivity contribution in [2.24, 2.45) is 0 Å². The lowest BCUT2D eigenvalue weighted by molar-refractivity contribution is -0.138. The number of halogens is 5. The van der Waals surface area contributed by atoms with E-state index in [4.69, 9.17) is 4.74 Å². The van der Waals surface area contributed by atoms with Crippen LogP contribution in [-0.2, 0) is 12.7 Å². The predicted octanol–water partition coefficient (Wildman–Crippen LogP) is 5.60. The molecule has 0 spiro atoms. The zero-order chi connectivity index (χ0) is 23.0. The molecule has 1 atom stereocenters. The molecule has 1 heterocycles. The minimum Gasteiger partial charge on any atom is -0.489 e. The van der Waals surface area contributed by atoms with Crippen molar-refractivity contribution in [1.29, 1.82) is 0 Å². The highest BCUT2D eigenvalue weighted by Gasteiger charge is 2.35. The topological polar surface area (TPSA) is 49.8 Å². The van der Waals surface area contributed by atoms with Gasteiger partial charge in [-0.15, -0.1) is 0 Å². The number of ether oxygens (including phenoxy) is 1. The first-order valence-corrected chi connectivity index (χ1v) is 10.4. The van der Waals surface area contributed by atoms with Gasteiger partial charge in [-0.25, -0.2) is 13.6 Å². The van der Waals surface area contributed by atoms with E-state index in [0.29, 0.717) is 31.5 Å². The summed E-state index contributed by atoms with van der Waals surface area (Å²) in [5, 5.41) is 9.18. The number of carboxylic acids is 1. The lowest BCUT2D eigenvalue weighted by Crippen LogP contribution is -2.41. The van der Waals surface area contributed by atoms with Gasteiger partial charge in [0, 0.05) is 19.2 Å². The summed E-state index contributed by atoms with van der Waals surface area (Å²) in [7, 11) is 0. The molecule has 32 heavy (non-hydrogen) atoms. The second kappa shape index (κ2) is 8.69. The molecular weight excluding hydrogens is 433 g/mol. The Hall–Kier alpha value is -2.68. The van der Waals surface area contributed by atoms with Gasteiger partial charge >= 0.3 is 12.1 Å². The van der Waals surface area contributed by atoms with Crippen LogP contribution in [0.15, 0.2) is 30.3 Å². The summed E-state index contributed by atoms with van der Waals surface area (Å²) in [5.41, 5.74) is -0.779. The third-order valence-corrected chi connectivity index (χ3v) is 5.87. The van der Waals surface area contributed by atoms with E-state index < -0.39 is 41.0 Å². The maximum atomic E-state index is 14.3. The summed E-state index contributed by atoms with van der Waals surface area (Å²) < 4.78 is 73.8. The summed E-state index contributed by atoms with van der Waals surface area (Å²) in [6.45, 7) is 0.726. The number of rotatable bonds is 6. The van der Waals surface area contributed by atoms with E-state index in [1.165, 1.54) is 6.07 Å². The molecule has 2 aromatic rings. The number of carboxylic acid groups (broad SMARTS) is 1. The van der Waals surface area contributed by atoms with Crippen molar-refractivity contribution >= 4 is 5.97 Å². The van der Waals surface area contributed by atoms with Crippen LogP contribution < -0.4 is 4.74 Å². The fourth-order valence-corrected chi connectivity index (χ4v) is 4.19. The molecule has 1 aliphatic heterocycles. The van der Waals surface area contributed by atoms with Gasteiger partial charge in [0.15, 0.2) is 0 Å². The number of hydrogen-bond acceptors (Lipinski definition) is 3. The first kappa shape index (κ1) is 22.5. The van der Waals surface area contributed by atoms with Crippen molar-refractivity contribution in [3.8, 4) is 5.75 Å². The Morgan fingerprint density at radius 2 is 1.88 bits per heavy atom. The zero-order valence-electron chi connectivity index (χ0n) is 17.1. The molecule has 4 nitrogen and oxygen atoms in total. The number of hydrogen-bond donors (Lipinski definition) is 1. The van der Waals surface area contributed by atoms with E-state index in [-0.39, 0.29) is 23.8 Å². The molecule has 0 bridgehead atoms.